The van der Waals surface area contributed by atoms with Gasteiger partial charge in [-0.25, -0.2) is 0 Å². The second kappa shape index (κ2) is 12.3. The fraction of sp³-hybridized carbons (Fsp3) is 0.233. The van der Waals surface area contributed by atoms with E-state index in [0.717, 1.165) is 39.1 Å². The quantitative estimate of drug-likeness (QED) is 0.182. The molecule has 36 heavy (non-hydrogen) atoms. The lowest BCUT2D eigenvalue weighted by Gasteiger charge is -2.12. The van der Waals surface area contributed by atoms with Crippen LogP contribution in [0, 0.1) is 11.8 Å². The zero-order chi connectivity index (χ0) is 25.3. The molecule has 0 saturated carbocycles. The van der Waals surface area contributed by atoms with Crippen LogP contribution in [0.5, 0.6) is 11.5 Å². The molecule has 0 aliphatic carbocycles. The van der Waals surface area contributed by atoms with Crippen LogP contribution in [0.3, 0.4) is 0 Å². The molecule has 1 heterocycles. The Morgan fingerprint density at radius 1 is 1.00 bits per heavy atom. The second-order valence-electron chi connectivity index (χ2n) is 8.22. The van der Waals surface area contributed by atoms with Crippen LogP contribution in [0.4, 0.5) is 0 Å². The van der Waals surface area contributed by atoms with Gasteiger partial charge in [0.15, 0.2) is 0 Å². The van der Waals surface area contributed by atoms with Crippen LogP contribution in [-0.4, -0.2) is 31.4 Å². The Morgan fingerprint density at radius 3 is 2.56 bits per heavy atom. The predicted molar refractivity (Wildman–Crippen MR) is 144 cm³/mol. The lowest BCUT2D eigenvalue weighted by molar-refractivity contribution is -0.137. The first kappa shape index (κ1) is 25.3. The number of hydrogen-bond donors (Lipinski definition) is 1. The summed E-state index contributed by atoms with van der Waals surface area (Å²) in [5.41, 5.74) is 4.12. The van der Waals surface area contributed by atoms with Crippen molar-refractivity contribution < 1.29 is 24.1 Å². The third-order valence-electron chi connectivity index (χ3n) is 5.75. The second-order valence-corrected chi connectivity index (χ2v) is 9.13. The van der Waals surface area contributed by atoms with E-state index in [-0.39, 0.29) is 12.3 Å². The van der Waals surface area contributed by atoms with Crippen LogP contribution >= 0.6 is 11.3 Å². The molecule has 4 rings (SSSR count). The average Bonchev–Trinajstić information content (AvgIpc) is 3.31. The highest BCUT2D eigenvalue weighted by atomic mass is 32.1. The highest BCUT2D eigenvalue weighted by Gasteiger charge is 2.14. The molecule has 0 radical (unpaired) electrons. The van der Waals surface area contributed by atoms with Gasteiger partial charge in [-0.1, -0.05) is 42.3 Å². The maximum Gasteiger partial charge on any atom is 0.304 e. The summed E-state index contributed by atoms with van der Waals surface area (Å²) in [5, 5.41) is 12.5. The minimum atomic E-state index is -0.865. The van der Waals surface area contributed by atoms with E-state index in [1.807, 2.05) is 42.5 Å². The number of benzene rings is 3. The molecule has 0 spiro atoms. The first-order valence-corrected chi connectivity index (χ1v) is 12.5. The summed E-state index contributed by atoms with van der Waals surface area (Å²) >= 11 is 1.71. The highest BCUT2D eigenvalue weighted by Crippen LogP contribution is 2.39. The SMILES string of the molecule is CC#CC(CC(=O)O)c1ccc(OCc2ccc3scc(-c4ccccc4OCCOC)c3c2)cc1. The average molecular weight is 501 g/mol. The Bertz CT molecular complexity index is 1380. The summed E-state index contributed by atoms with van der Waals surface area (Å²) in [5.74, 6) is 6.16. The fourth-order valence-electron chi connectivity index (χ4n) is 3.99. The summed E-state index contributed by atoms with van der Waals surface area (Å²) in [7, 11) is 1.66. The topological polar surface area (TPSA) is 65.0 Å². The number of methoxy groups -OCH3 is 1. The molecule has 1 unspecified atom stereocenters. The third-order valence-corrected chi connectivity index (χ3v) is 6.71. The van der Waals surface area contributed by atoms with E-state index in [9.17, 15) is 4.79 Å². The standard InChI is InChI=1S/C30H28O5S/c1-3-6-23(18-30(31)32)22-10-12-24(13-11-22)35-19-21-9-14-29-26(17-21)27(20-36-29)25-7-4-5-8-28(25)34-16-15-33-2/h4-5,7-14,17,20,23H,15-16,18-19H2,1-2H3,(H,31,32). The van der Waals surface area contributed by atoms with Gasteiger partial charge >= 0.3 is 5.97 Å². The Balaban J connectivity index is 1.50. The number of carbonyl (C=O) groups is 1. The zero-order valence-corrected chi connectivity index (χ0v) is 21.1. The molecular formula is C30H28O5S. The Morgan fingerprint density at radius 2 is 1.81 bits per heavy atom. The normalized spacial score (nSPS) is 11.5. The molecule has 1 N–H and O–H groups in total. The van der Waals surface area contributed by atoms with E-state index in [2.05, 4.69) is 41.5 Å². The number of rotatable bonds is 11. The van der Waals surface area contributed by atoms with Crippen LogP contribution in [-0.2, 0) is 16.1 Å². The van der Waals surface area contributed by atoms with Crippen molar-refractivity contribution in [1.29, 1.82) is 0 Å². The number of aliphatic carboxylic acids is 1. The Kier molecular flexibility index (Phi) is 8.62. The molecule has 1 atom stereocenters. The number of hydrogen-bond acceptors (Lipinski definition) is 5. The van der Waals surface area contributed by atoms with Gasteiger partial charge in [0.25, 0.3) is 0 Å². The molecule has 0 bridgehead atoms. The first-order valence-electron chi connectivity index (χ1n) is 11.7. The monoisotopic (exact) mass is 500 g/mol. The number of carboxylic acid groups (broad SMARTS) is 1. The molecule has 0 fully saturated rings. The van der Waals surface area contributed by atoms with Gasteiger partial charge in [-0.2, -0.15) is 0 Å². The lowest BCUT2D eigenvalue weighted by atomic mass is 9.96. The van der Waals surface area contributed by atoms with Crippen molar-refractivity contribution in [2.24, 2.45) is 0 Å². The predicted octanol–water partition coefficient (Wildman–Crippen LogP) is 6.75. The largest absolute Gasteiger partial charge is 0.491 e. The van der Waals surface area contributed by atoms with Gasteiger partial charge in [0.1, 0.15) is 24.7 Å². The molecule has 6 heteroatoms. The van der Waals surface area contributed by atoms with Gasteiger partial charge in [0, 0.05) is 28.3 Å². The minimum Gasteiger partial charge on any atom is -0.491 e. The molecule has 0 amide bonds. The van der Waals surface area contributed by atoms with Gasteiger partial charge in [-0.3, -0.25) is 4.79 Å². The minimum absolute atomic E-state index is 0.0232. The zero-order valence-electron chi connectivity index (χ0n) is 20.3. The van der Waals surface area contributed by atoms with Crippen molar-refractivity contribution in [1.82, 2.24) is 0 Å². The smallest absolute Gasteiger partial charge is 0.304 e. The molecule has 0 aliphatic rings. The molecular weight excluding hydrogens is 472 g/mol. The maximum atomic E-state index is 11.1. The first-order chi connectivity index (χ1) is 17.6. The Labute approximate surface area is 215 Å². The third kappa shape index (κ3) is 6.25. The van der Waals surface area contributed by atoms with Gasteiger partial charge in [-0.15, -0.1) is 17.3 Å². The van der Waals surface area contributed by atoms with Crippen molar-refractivity contribution >= 4 is 27.4 Å². The van der Waals surface area contributed by atoms with Gasteiger partial charge in [-0.05, 0) is 53.8 Å². The van der Waals surface area contributed by atoms with Crippen molar-refractivity contribution in [2.75, 3.05) is 20.3 Å². The van der Waals surface area contributed by atoms with Crippen molar-refractivity contribution in [3.05, 3.63) is 83.2 Å². The summed E-state index contributed by atoms with van der Waals surface area (Å²) in [6.45, 7) is 3.17. The van der Waals surface area contributed by atoms with E-state index >= 15 is 0 Å². The van der Waals surface area contributed by atoms with Crippen molar-refractivity contribution in [3.63, 3.8) is 0 Å². The van der Waals surface area contributed by atoms with Crippen LogP contribution in [0.15, 0.2) is 72.1 Å². The van der Waals surface area contributed by atoms with E-state index in [4.69, 9.17) is 19.3 Å². The molecule has 1 aromatic heterocycles. The number of thiophene rings is 1. The van der Waals surface area contributed by atoms with Gasteiger partial charge in [0.05, 0.1) is 18.9 Å². The van der Waals surface area contributed by atoms with E-state index in [1.54, 1.807) is 25.4 Å². The Hall–Kier alpha value is -3.79. The van der Waals surface area contributed by atoms with Crippen LogP contribution < -0.4 is 9.47 Å². The molecule has 3 aromatic carbocycles. The molecule has 0 aliphatic heterocycles. The van der Waals surface area contributed by atoms with Gasteiger partial charge < -0.3 is 19.3 Å². The van der Waals surface area contributed by atoms with Crippen LogP contribution in [0.2, 0.25) is 0 Å². The summed E-state index contributed by atoms with van der Waals surface area (Å²) in [4.78, 5) is 11.1. The van der Waals surface area contributed by atoms with Crippen molar-refractivity contribution in [3.8, 4) is 34.5 Å². The summed E-state index contributed by atoms with van der Waals surface area (Å²) in [6.07, 6.45) is -0.0232. The lowest BCUT2D eigenvalue weighted by Crippen LogP contribution is -2.05. The number of para-hydroxylation sites is 1. The van der Waals surface area contributed by atoms with E-state index in [1.165, 1.54) is 4.70 Å². The molecule has 4 aromatic rings. The fourth-order valence-corrected chi connectivity index (χ4v) is 4.93. The highest BCUT2D eigenvalue weighted by molar-refractivity contribution is 7.17. The van der Waals surface area contributed by atoms with Gasteiger partial charge in [0.2, 0.25) is 0 Å². The van der Waals surface area contributed by atoms with E-state index < -0.39 is 5.97 Å². The number of ether oxygens (including phenoxy) is 3. The van der Waals surface area contributed by atoms with E-state index in [0.29, 0.717) is 19.8 Å². The molecule has 184 valence electrons. The summed E-state index contributed by atoms with van der Waals surface area (Å²) in [6, 6.07) is 21.9. The van der Waals surface area contributed by atoms with Crippen molar-refractivity contribution in [2.45, 2.75) is 25.9 Å². The number of fused-ring (bicyclic) bond motifs is 1. The maximum absolute atomic E-state index is 11.1. The summed E-state index contributed by atoms with van der Waals surface area (Å²) < 4.78 is 18.3. The molecule has 0 saturated heterocycles. The molecule has 5 nitrogen and oxygen atoms in total. The van der Waals surface area contributed by atoms with Crippen LogP contribution in [0.1, 0.15) is 30.4 Å². The van der Waals surface area contributed by atoms with Crippen LogP contribution in [0.25, 0.3) is 21.2 Å². The number of carboxylic acids is 1.